The highest BCUT2D eigenvalue weighted by Gasteiger charge is 2.46. The summed E-state index contributed by atoms with van der Waals surface area (Å²) in [6, 6.07) is 5.28. The van der Waals surface area contributed by atoms with Crippen molar-refractivity contribution in [3.8, 4) is 0 Å². The highest BCUT2D eigenvalue weighted by atomic mass is 32.2. The molecule has 0 aromatic carbocycles. The third kappa shape index (κ3) is 2.20. The van der Waals surface area contributed by atoms with E-state index in [1.165, 1.54) is 0 Å². The van der Waals surface area contributed by atoms with E-state index in [9.17, 15) is 13.2 Å². The molecule has 0 saturated carbocycles. The van der Waals surface area contributed by atoms with Crippen LogP contribution in [0.2, 0.25) is 0 Å². The Bertz CT molecular complexity index is 562. The number of nitrogens with zero attached hydrogens (tertiary/aromatic N) is 1. The third-order valence-electron chi connectivity index (χ3n) is 4.36. The van der Waals surface area contributed by atoms with Crippen molar-refractivity contribution in [1.82, 2.24) is 4.98 Å². The van der Waals surface area contributed by atoms with Gasteiger partial charge in [0, 0.05) is 12.1 Å². The summed E-state index contributed by atoms with van der Waals surface area (Å²) < 4.78 is 24.3. The summed E-state index contributed by atoms with van der Waals surface area (Å²) >= 11 is 0. The molecule has 0 spiro atoms. The smallest absolute Gasteiger partial charge is 0.184 e. The van der Waals surface area contributed by atoms with E-state index in [1.807, 2.05) is 0 Å². The SMILES string of the molecule is O=C(c1ccccn1)C1CC2CCCC(C1)S2(=O)=O. The summed E-state index contributed by atoms with van der Waals surface area (Å²) in [5.74, 6) is -0.166. The molecule has 102 valence electrons. The molecule has 1 aromatic heterocycles. The maximum absolute atomic E-state index is 12.4. The summed E-state index contributed by atoms with van der Waals surface area (Å²) in [5, 5.41) is -0.615. The number of carbonyl (C=O) groups excluding carboxylic acids is 1. The predicted octanol–water partition coefficient (Wildman–Crippen LogP) is 2.01. The quantitative estimate of drug-likeness (QED) is 0.777. The minimum atomic E-state index is -2.99. The molecule has 4 nitrogen and oxygen atoms in total. The number of fused-ring (bicyclic) bond motifs is 2. The third-order valence-corrected chi connectivity index (χ3v) is 7.08. The second-order valence-corrected chi connectivity index (χ2v) is 8.02. The number of ketones is 1. The first-order chi connectivity index (χ1) is 9.09. The zero-order valence-corrected chi connectivity index (χ0v) is 11.5. The van der Waals surface area contributed by atoms with E-state index in [0.717, 1.165) is 6.42 Å². The number of rotatable bonds is 2. The highest BCUT2D eigenvalue weighted by molar-refractivity contribution is 7.92. The van der Waals surface area contributed by atoms with Crippen LogP contribution in [0.5, 0.6) is 0 Å². The van der Waals surface area contributed by atoms with Gasteiger partial charge in [-0.05, 0) is 37.8 Å². The van der Waals surface area contributed by atoms with E-state index in [4.69, 9.17) is 0 Å². The van der Waals surface area contributed by atoms with Crippen molar-refractivity contribution in [2.24, 2.45) is 5.92 Å². The zero-order valence-electron chi connectivity index (χ0n) is 10.7. The average molecular weight is 279 g/mol. The van der Waals surface area contributed by atoms with Gasteiger partial charge in [0.1, 0.15) is 5.69 Å². The van der Waals surface area contributed by atoms with Crippen molar-refractivity contribution in [2.45, 2.75) is 42.6 Å². The molecule has 3 rings (SSSR count). The first-order valence-electron chi connectivity index (χ1n) is 6.77. The van der Waals surface area contributed by atoms with Gasteiger partial charge in [-0.25, -0.2) is 8.42 Å². The maximum Gasteiger partial charge on any atom is 0.184 e. The molecule has 0 amide bonds. The summed E-state index contributed by atoms with van der Waals surface area (Å²) in [6.07, 6.45) is 4.96. The molecule has 0 aliphatic carbocycles. The van der Waals surface area contributed by atoms with Crippen molar-refractivity contribution < 1.29 is 13.2 Å². The fourth-order valence-electron chi connectivity index (χ4n) is 3.34. The van der Waals surface area contributed by atoms with E-state index in [0.29, 0.717) is 31.4 Å². The van der Waals surface area contributed by atoms with Crippen molar-refractivity contribution >= 4 is 15.6 Å². The lowest BCUT2D eigenvalue weighted by Crippen LogP contribution is -2.45. The Morgan fingerprint density at radius 1 is 1.16 bits per heavy atom. The Balaban J connectivity index is 1.84. The van der Waals surface area contributed by atoms with Crippen molar-refractivity contribution in [1.29, 1.82) is 0 Å². The van der Waals surface area contributed by atoms with E-state index in [2.05, 4.69) is 4.98 Å². The van der Waals surface area contributed by atoms with Gasteiger partial charge in [0.15, 0.2) is 15.6 Å². The fourth-order valence-corrected chi connectivity index (χ4v) is 5.88. The Labute approximate surface area is 113 Å². The van der Waals surface area contributed by atoms with Crippen LogP contribution < -0.4 is 0 Å². The molecular formula is C14H17NO3S. The van der Waals surface area contributed by atoms with Crippen molar-refractivity contribution in [3.05, 3.63) is 30.1 Å². The number of hydrogen-bond donors (Lipinski definition) is 0. The minimum absolute atomic E-state index is 0.00685. The van der Waals surface area contributed by atoms with Crippen LogP contribution in [-0.2, 0) is 9.84 Å². The number of sulfone groups is 1. The molecule has 2 saturated heterocycles. The van der Waals surface area contributed by atoms with Gasteiger partial charge in [-0.15, -0.1) is 0 Å². The van der Waals surface area contributed by atoms with E-state index in [1.54, 1.807) is 24.4 Å². The number of Topliss-reactive ketones (excluding diaryl/α,β-unsaturated/α-hetero) is 1. The molecule has 3 heterocycles. The molecule has 2 fully saturated rings. The summed E-state index contributed by atoms with van der Waals surface area (Å²) in [7, 11) is -2.99. The number of pyridine rings is 1. The molecule has 0 radical (unpaired) electrons. The van der Waals surface area contributed by atoms with Gasteiger partial charge < -0.3 is 0 Å². The zero-order chi connectivity index (χ0) is 13.5. The monoisotopic (exact) mass is 279 g/mol. The summed E-state index contributed by atoms with van der Waals surface area (Å²) in [4.78, 5) is 16.5. The van der Waals surface area contributed by atoms with Gasteiger partial charge in [0.2, 0.25) is 0 Å². The minimum Gasteiger partial charge on any atom is -0.292 e. The largest absolute Gasteiger partial charge is 0.292 e. The molecule has 2 aliphatic rings. The van der Waals surface area contributed by atoms with Crippen LogP contribution in [0.15, 0.2) is 24.4 Å². The van der Waals surface area contributed by atoms with Gasteiger partial charge in [-0.1, -0.05) is 12.5 Å². The van der Waals surface area contributed by atoms with Gasteiger partial charge >= 0.3 is 0 Å². The number of aromatic nitrogens is 1. The lowest BCUT2D eigenvalue weighted by atomic mass is 9.85. The van der Waals surface area contributed by atoms with E-state index >= 15 is 0 Å². The van der Waals surface area contributed by atoms with Crippen LogP contribution in [-0.4, -0.2) is 29.7 Å². The first kappa shape index (κ1) is 12.8. The molecular weight excluding hydrogens is 262 g/mol. The number of carbonyl (C=O) groups is 1. The normalized spacial score (nSPS) is 32.7. The topological polar surface area (TPSA) is 64.1 Å². The second kappa shape index (κ2) is 4.71. The Kier molecular flexibility index (Phi) is 3.17. The first-order valence-corrected chi connectivity index (χ1v) is 8.38. The fraction of sp³-hybridized carbons (Fsp3) is 0.571. The average Bonchev–Trinajstić information content (AvgIpc) is 2.37. The Morgan fingerprint density at radius 2 is 1.84 bits per heavy atom. The number of hydrogen-bond acceptors (Lipinski definition) is 4. The lowest BCUT2D eigenvalue weighted by Gasteiger charge is -2.37. The lowest BCUT2D eigenvalue weighted by molar-refractivity contribution is 0.0889. The van der Waals surface area contributed by atoms with Crippen LogP contribution in [0, 0.1) is 5.92 Å². The molecule has 2 atom stereocenters. The molecule has 2 bridgehead atoms. The van der Waals surface area contributed by atoms with Gasteiger partial charge in [0.05, 0.1) is 10.5 Å². The van der Waals surface area contributed by atoms with Gasteiger partial charge in [-0.2, -0.15) is 0 Å². The molecule has 19 heavy (non-hydrogen) atoms. The molecule has 5 heteroatoms. The van der Waals surface area contributed by atoms with Crippen LogP contribution in [0.1, 0.15) is 42.6 Å². The Hall–Kier alpha value is -1.23. The predicted molar refractivity (Wildman–Crippen MR) is 71.6 cm³/mol. The van der Waals surface area contributed by atoms with Gasteiger partial charge in [-0.3, -0.25) is 9.78 Å². The highest BCUT2D eigenvalue weighted by Crippen LogP contribution is 2.40. The Morgan fingerprint density at radius 3 is 2.42 bits per heavy atom. The molecule has 2 aliphatic heterocycles. The summed E-state index contributed by atoms with van der Waals surface area (Å²) in [5.41, 5.74) is 0.463. The summed E-state index contributed by atoms with van der Waals surface area (Å²) in [6.45, 7) is 0. The van der Waals surface area contributed by atoms with Crippen LogP contribution in [0.3, 0.4) is 0 Å². The maximum atomic E-state index is 12.4. The van der Waals surface area contributed by atoms with E-state index in [-0.39, 0.29) is 22.2 Å². The van der Waals surface area contributed by atoms with Crippen molar-refractivity contribution in [2.75, 3.05) is 0 Å². The van der Waals surface area contributed by atoms with Crippen molar-refractivity contribution in [3.63, 3.8) is 0 Å². The van der Waals surface area contributed by atoms with Crippen LogP contribution in [0.25, 0.3) is 0 Å². The second-order valence-electron chi connectivity index (χ2n) is 5.51. The van der Waals surface area contributed by atoms with E-state index < -0.39 is 9.84 Å². The molecule has 0 N–H and O–H groups in total. The van der Waals surface area contributed by atoms with Crippen LogP contribution >= 0.6 is 0 Å². The van der Waals surface area contributed by atoms with Gasteiger partial charge in [0.25, 0.3) is 0 Å². The standard InChI is InChI=1S/C14H17NO3S/c16-14(13-6-1-2-7-15-13)10-8-11-4-3-5-12(9-10)19(11,17)18/h1-2,6-7,10-12H,3-5,8-9H2. The molecule has 1 aromatic rings. The molecule has 2 unspecified atom stereocenters. The van der Waals surface area contributed by atoms with Crippen LogP contribution in [0.4, 0.5) is 0 Å².